The lowest BCUT2D eigenvalue weighted by Crippen LogP contribution is -2.41. The van der Waals surface area contributed by atoms with Crippen molar-refractivity contribution in [3.63, 3.8) is 0 Å². The van der Waals surface area contributed by atoms with Gasteiger partial charge in [-0.05, 0) is 47.4 Å². The summed E-state index contributed by atoms with van der Waals surface area (Å²) in [5.74, 6) is 0.0659. The predicted octanol–water partition coefficient (Wildman–Crippen LogP) is 4.08. The number of amides is 2. The van der Waals surface area contributed by atoms with E-state index in [1.165, 1.54) is 5.56 Å². The van der Waals surface area contributed by atoms with E-state index in [9.17, 15) is 14.7 Å². The Bertz CT molecular complexity index is 864. The molecule has 1 heterocycles. The fourth-order valence-corrected chi connectivity index (χ4v) is 4.05. The summed E-state index contributed by atoms with van der Waals surface area (Å²) in [6, 6.07) is 17.3. The van der Waals surface area contributed by atoms with Crippen molar-refractivity contribution in [2.75, 3.05) is 19.6 Å². The van der Waals surface area contributed by atoms with Crippen molar-refractivity contribution < 1.29 is 14.7 Å². The van der Waals surface area contributed by atoms with Gasteiger partial charge >= 0.3 is 0 Å². The lowest BCUT2D eigenvalue weighted by molar-refractivity contribution is -0.133. The second-order valence-electron chi connectivity index (χ2n) is 9.41. The zero-order chi connectivity index (χ0) is 22.4. The number of likely N-dealkylation sites (tertiary alicyclic amines) is 1. The van der Waals surface area contributed by atoms with Crippen LogP contribution in [0.3, 0.4) is 0 Å². The quantitative estimate of drug-likeness (QED) is 0.737. The summed E-state index contributed by atoms with van der Waals surface area (Å²) >= 11 is 0. The molecule has 1 atom stereocenters. The number of carbonyl (C=O) groups excluding carboxylic acids is 2. The van der Waals surface area contributed by atoms with E-state index in [2.05, 4.69) is 26.1 Å². The average Bonchev–Trinajstić information content (AvgIpc) is 2.78. The van der Waals surface area contributed by atoms with Gasteiger partial charge < -0.3 is 15.3 Å². The van der Waals surface area contributed by atoms with Crippen LogP contribution in [-0.4, -0.2) is 41.5 Å². The van der Waals surface area contributed by atoms with E-state index in [0.717, 1.165) is 18.4 Å². The van der Waals surface area contributed by atoms with Crippen molar-refractivity contribution in [2.24, 2.45) is 5.92 Å². The fourth-order valence-electron chi connectivity index (χ4n) is 4.05. The number of nitrogens with zero attached hydrogens (tertiary/aromatic N) is 1. The third-order valence-electron chi connectivity index (χ3n) is 6.12. The highest BCUT2D eigenvalue weighted by molar-refractivity contribution is 5.94. The van der Waals surface area contributed by atoms with Crippen molar-refractivity contribution in [2.45, 2.75) is 51.6 Å². The summed E-state index contributed by atoms with van der Waals surface area (Å²) in [4.78, 5) is 26.7. The Kier molecular flexibility index (Phi) is 7.50. The number of hydrogen-bond donors (Lipinski definition) is 2. The maximum absolute atomic E-state index is 12.5. The molecule has 1 saturated heterocycles. The van der Waals surface area contributed by atoms with Gasteiger partial charge in [-0.25, -0.2) is 0 Å². The normalized spacial score (nSPS) is 16.1. The molecular formula is C26H34N2O3. The number of aliphatic hydroxyl groups is 1. The van der Waals surface area contributed by atoms with E-state index in [1.807, 2.05) is 59.5 Å². The summed E-state index contributed by atoms with van der Waals surface area (Å²) < 4.78 is 0. The van der Waals surface area contributed by atoms with Crippen molar-refractivity contribution in [3.8, 4) is 0 Å². The topological polar surface area (TPSA) is 69.6 Å². The van der Waals surface area contributed by atoms with Gasteiger partial charge in [0.2, 0.25) is 5.91 Å². The summed E-state index contributed by atoms with van der Waals surface area (Å²) in [6.07, 6.45) is 1.38. The van der Waals surface area contributed by atoms with Crippen LogP contribution < -0.4 is 5.32 Å². The number of piperidine rings is 1. The lowest BCUT2D eigenvalue weighted by atomic mass is 9.87. The van der Waals surface area contributed by atoms with Crippen molar-refractivity contribution in [1.29, 1.82) is 0 Å². The van der Waals surface area contributed by atoms with E-state index in [4.69, 9.17) is 0 Å². The predicted molar refractivity (Wildman–Crippen MR) is 123 cm³/mol. The van der Waals surface area contributed by atoms with E-state index < -0.39 is 6.10 Å². The minimum atomic E-state index is -0.484. The van der Waals surface area contributed by atoms with Gasteiger partial charge in [0.25, 0.3) is 5.91 Å². The molecule has 5 heteroatoms. The molecule has 3 rings (SSSR count). The number of aliphatic hydroxyl groups excluding tert-OH is 1. The maximum atomic E-state index is 12.5. The molecule has 31 heavy (non-hydrogen) atoms. The number of benzene rings is 2. The summed E-state index contributed by atoms with van der Waals surface area (Å²) in [5, 5.41) is 13.4. The highest BCUT2D eigenvalue weighted by Gasteiger charge is 2.28. The molecule has 2 aromatic rings. The van der Waals surface area contributed by atoms with Crippen molar-refractivity contribution in [1.82, 2.24) is 10.2 Å². The highest BCUT2D eigenvalue weighted by Crippen LogP contribution is 2.30. The number of rotatable bonds is 6. The van der Waals surface area contributed by atoms with Gasteiger partial charge in [0.1, 0.15) is 0 Å². The molecule has 0 unspecified atom stereocenters. The van der Waals surface area contributed by atoms with Gasteiger partial charge in [0, 0.05) is 31.6 Å². The van der Waals surface area contributed by atoms with Crippen LogP contribution >= 0.6 is 0 Å². The molecule has 2 aromatic carbocycles. The molecule has 1 fully saturated rings. The molecule has 0 saturated carbocycles. The molecule has 0 bridgehead atoms. The fraction of sp³-hybridized carbons (Fsp3) is 0.462. The smallest absolute Gasteiger partial charge is 0.251 e. The van der Waals surface area contributed by atoms with Gasteiger partial charge in [0.05, 0.1) is 6.10 Å². The van der Waals surface area contributed by atoms with Crippen LogP contribution in [0.1, 0.15) is 67.6 Å². The molecule has 2 N–H and O–H groups in total. The molecule has 0 radical (unpaired) electrons. The van der Waals surface area contributed by atoms with Crippen LogP contribution in [0, 0.1) is 5.92 Å². The van der Waals surface area contributed by atoms with Crippen LogP contribution in [0.5, 0.6) is 0 Å². The molecule has 0 aromatic heterocycles. The van der Waals surface area contributed by atoms with Gasteiger partial charge in [-0.2, -0.15) is 0 Å². The first-order chi connectivity index (χ1) is 14.8. The average molecular weight is 423 g/mol. The van der Waals surface area contributed by atoms with E-state index in [1.54, 1.807) is 0 Å². The molecule has 0 aliphatic carbocycles. The highest BCUT2D eigenvalue weighted by atomic mass is 16.3. The first-order valence-corrected chi connectivity index (χ1v) is 11.2. The Labute approximate surface area is 185 Å². The molecule has 1 aliphatic rings. The summed E-state index contributed by atoms with van der Waals surface area (Å²) in [6.45, 7) is 8.03. The largest absolute Gasteiger partial charge is 0.388 e. The van der Waals surface area contributed by atoms with Crippen LogP contribution in [0.4, 0.5) is 0 Å². The number of carbonyl (C=O) groups is 2. The van der Waals surface area contributed by atoms with Crippen LogP contribution in [0.15, 0.2) is 54.6 Å². The molecule has 2 amide bonds. The monoisotopic (exact) mass is 422 g/mol. The first-order valence-electron chi connectivity index (χ1n) is 11.2. The standard InChI is InChI=1S/C26H34N2O3/c1-26(2,3)22-11-9-21(10-12-22)25(31)27-16-13-23(29)28-17-14-20(15-18-28)24(30)19-7-5-4-6-8-19/h4-12,20,24,30H,13-18H2,1-3H3,(H,27,31)/t24-/m0/s1. The third kappa shape index (κ3) is 6.17. The summed E-state index contributed by atoms with van der Waals surface area (Å²) in [7, 11) is 0. The van der Waals surface area contributed by atoms with Gasteiger partial charge in [-0.1, -0.05) is 63.2 Å². The second kappa shape index (κ2) is 10.1. The van der Waals surface area contributed by atoms with Crippen molar-refractivity contribution >= 4 is 11.8 Å². The third-order valence-corrected chi connectivity index (χ3v) is 6.12. The van der Waals surface area contributed by atoms with E-state index in [0.29, 0.717) is 25.2 Å². The maximum Gasteiger partial charge on any atom is 0.251 e. The molecule has 166 valence electrons. The summed E-state index contributed by atoms with van der Waals surface area (Å²) in [5.41, 5.74) is 2.77. The van der Waals surface area contributed by atoms with Crippen LogP contribution in [0.2, 0.25) is 0 Å². The first kappa shape index (κ1) is 23.0. The van der Waals surface area contributed by atoms with Crippen molar-refractivity contribution in [3.05, 3.63) is 71.3 Å². The minimum absolute atomic E-state index is 0.0476. The zero-order valence-electron chi connectivity index (χ0n) is 18.8. The van der Waals surface area contributed by atoms with Crippen LogP contribution in [0.25, 0.3) is 0 Å². The van der Waals surface area contributed by atoms with E-state index >= 15 is 0 Å². The Morgan fingerprint density at radius 2 is 1.65 bits per heavy atom. The van der Waals surface area contributed by atoms with Crippen LogP contribution in [-0.2, 0) is 10.2 Å². The minimum Gasteiger partial charge on any atom is -0.388 e. The number of nitrogens with one attached hydrogen (secondary N) is 1. The SMILES string of the molecule is CC(C)(C)c1ccc(C(=O)NCCC(=O)N2CCC([C@@H](O)c3ccccc3)CC2)cc1. The van der Waals surface area contributed by atoms with Gasteiger partial charge in [-0.3, -0.25) is 9.59 Å². The van der Waals surface area contributed by atoms with E-state index in [-0.39, 0.29) is 29.6 Å². The second-order valence-corrected chi connectivity index (χ2v) is 9.41. The molecule has 1 aliphatic heterocycles. The molecule has 0 spiro atoms. The zero-order valence-corrected chi connectivity index (χ0v) is 18.8. The Hall–Kier alpha value is -2.66. The molecular weight excluding hydrogens is 388 g/mol. The Balaban J connectivity index is 1.41. The van der Waals surface area contributed by atoms with Gasteiger partial charge in [0.15, 0.2) is 0 Å². The molecule has 5 nitrogen and oxygen atoms in total. The Morgan fingerprint density at radius 3 is 2.23 bits per heavy atom. The Morgan fingerprint density at radius 1 is 1.03 bits per heavy atom. The van der Waals surface area contributed by atoms with Gasteiger partial charge in [-0.15, -0.1) is 0 Å². The lowest BCUT2D eigenvalue weighted by Gasteiger charge is -2.34. The number of hydrogen-bond acceptors (Lipinski definition) is 3.